The summed E-state index contributed by atoms with van der Waals surface area (Å²) in [5.41, 5.74) is 0.219. The maximum atomic E-state index is 8.21. The van der Waals surface area contributed by atoms with E-state index in [2.05, 4.69) is 5.92 Å². The maximum absolute atomic E-state index is 8.21. The lowest BCUT2D eigenvalue weighted by Gasteiger charge is -1.89. The highest BCUT2D eigenvalue weighted by molar-refractivity contribution is 5.36. The largest absolute Gasteiger partial charge is 0.499 e. The average Bonchev–Trinajstić information content (AvgIpc) is 1.91. The number of terminal acetylenes is 1. The van der Waals surface area contributed by atoms with Crippen molar-refractivity contribution in [3.8, 4) is 18.4 Å². The molecule has 0 heterocycles. The van der Waals surface area contributed by atoms with Gasteiger partial charge in [-0.25, -0.2) is 0 Å². The Labute approximate surface area is 54.7 Å². The molecule has 0 saturated carbocycles. The van der Waals surface area contributed by atoms with E-state index in [0.717, 1.165) is 0 Å². The van der Waals surface area contributed by atoms with Gasteiger partial charge in [0.25, 0.3) is 0 Å². The predicted molar refractivity (Wildman–Crippen MR) is 34.2 cm³/mol. The fourth-order valence-corrected chi connectivity index (χ4v) is 0.259. The molecule has 0 saturated heterocycles. The molecule has 0 rings (SSSR count). The summed E-state index contributed by atoms with van der Waals surface area (Å²) in [5.74, 6) is 2.16. The van der Waals surface area contributed by atoms with Crippen LogP contribution in [-0.4, -0.2) is 6.61 Å². The van der Waals surface area contributed by atoms with E-state index in [-0.39, 0.29) is 5.57 Å². The second-order valence-corrected chi connectivity index (χ2v) is 1.24. The highest BCUT2D eigenvalue weighted by Gasteiger charge is 1.84. The molecule has 0 aliphatic rings. The fourth-order valence-electron chi connectivity index (χ4n) is 0.259. The standard InChI is InChI=1S/C7H7NO/c1-3-7(5-8)6-9-4-2/h1,6H,4H2,2H3/b7-6+. The van der Waals surface area contributed by atoms with Crippen LogP contribution < -0.4 is 0 Å². The Bertz CT molecular complexity index is 164. The molecule has 0 aromatic carbocycles. The van der Waals surface area contributed by atoms with E-state index in [4.69, 9.17) is 16.4 Å². The van der Waals surface area contributed by atoms with Crippen molar-refractivity contribution in [3.63, 3.8) is 0 Å². The Morgan fingerprint density at radius 3 is 2.89 bits per heavy atom. The molecular weight excluding hydrogens is 114 g/mol. The topological polar surface area (TPSA) is 33.0 Å². The quantitative estimate of drug-likeness (QED) is 0.311. The molecule has 0 radical (unpaired) electrons. The molecule has 0 atom stereocenters. The Morgan fingerprint density at radius 2 is 2.56 bits per heavy atom. The summed E-state index contributed by atoms with van der Waals surface area (Å²) in [6.45, 7) is 2.36. The third kappa shape index (κ3) is 3.20. The zero-order valence-electron chi connectivity index (χ0n) is 5.22. The summed E-state index contributed by atoms with van der Waals surface area (Å²) in [6, 6.07) is 1.79. The minimum absolute atomic E-state index is 0.219. The molecular formula is C7H7NO. The maximum Gasteiger partial charge on any atom is 0.136 e. The Morgan fingerprint density at radius 1 is 1.89 bits per heavy atom. The zero-order valence-corrected chi connectivity index (χ0v) is 5.22. The molecule has 0 amide bonds. The molecule has 0 unspecified atom stereocenters. The smallest absolute Gasteiger partial charge is 0.136 e. The van der Waals surface area contributed by atoms with Gasteiger partial charge in [-0.15, -0.1) is 6.42 Å². The van der Waals surface area contributed by atoms with Gasteiger partial charge in [0.2, 0.25) is 0 Å². The molecule has 9 heavy (non-hydrogen) atoms. The van der Waals surface area contributed by atoms with Crippen LogP contribution in [0.3, 0.4) is 0 Å². The van der Waals surface area contributed by atoms with Crippen LogP contribution >= 0.6 is 0 Å². The van der Waals surface area contributed by atoms with E-state index >= 15 is 0 Å². The second kappa shape index (κ2) is 4.74. The number of hydrogen-bond acceptors (Lipinski definition) is 2. The van der Waals surface area contributed by atoms with Crippen molar-refractivity contribution >= 4 is 0 Å². The molecule has 0 bridgehead atoms. The van der Waals surface area contributed by atoms with E-state index < -0.39 is 0 Å². The first kappa shape index (κ1) is 7.59. The molecule has 0 N–H and O–H groups in total. The summed E-state index contributed by atoms with van der Waals surface area (Å²) in [5, 5.41) is 8.21. The molecule has 2 heteroatoms. The summed E-state index contributed by atoms with van der Waals surface area (Å²) >= 11 is 0. The van der Waals surface area contributed by atoms with Crippen LogP contribution in [0.5, 0.6) is 0 Å². The highest BCUT2D eigenvalue weighted by atomic mass is 16.5. The third-order valence-corrected chi connectivity index (χ3v) is 0.644. The van der Waals surface area contributed by atoms with Crippen LogP contribution in [-0.2, 0) is 4.74 Å². The Balaban J connectivity index is 3.85. The molecule has 0 aliphatic heterocycles. The van der Waals surface area contributed by atoms with Crippen LogP contribution in [0.15, 0.2) is 11.8 Å². The first-order chi connectivity index (χ1) is 4.35. The van der Waals surface area contributed by atoms with Crippen molar-refractivity contribution in [2.45, 2.75) is 6.92 Å². The molecule has 0 spiro atoms. The first-order valence-electron chi connectivity index (χ1n) is 2.53. The predicted octanol–water partition coefficient (Wildman–Crippen LogP) is 1.06. The van der Waals surface area contributed by atoms with Gasteiger partial charge in [0.15, 0.2) is 0 Å². The first-order valence-corrected chi connectivity index (χ1v) is 2.53. The molecule has 0 fully saturated rings. The van der Waals surface area contributed by atoms with Gasteiger partial charge < -0.3 is 4.74 Å². The monoisotopic (exact) mass is 121 g/mol. The molecule has 0 aromatic heterocycles. The number of nitriles is 1. The lowest BCUT2D eigenvalue weighted by molar-refractivity contribution is 0.268. The lowest BCUT2D eigenvalue weighted by Crippen LogP contribution is -1.80. The van der Waals surface area contributed by atoms with Gasteiger partial charge in [-0.1, -0.05) is 5.92 Å². The number of rotatable bonds is 2. The van der Waals surface area contributed by atoms with Gasteiger partial charge >= 0.3 is 0 Å². The number of nitrogens with zero attached hydrogens (tertiary/aromatic N) is 1. The average molecular weight is 121 g/mol. The van der Waals surface area contributed by atoms with Crippen molar-refractivity contribution in [3.05, 3.63) is 11.8 Å². The van der Waals surface area contributed by atoms with Gasteiger partial charge in [-0.05, 0) is 6.92 Å². The molecule has 46 valence electrons. The Kier molecular flexibility index (Phi) is 4.00. The van der Waals surface area contributed by atoms with Crippen molar-refractivity contribution in [2.24, 2.45) is 0 Å². The van der Waals surface area contributed by atoms with Crippen molar-refractivity contribution in [1.29, 1.82) is 5.26 Å². The minimum atomic E-state index is 0.219. The van der Waals surface area contributed by atoms with E-state index in [9.17, 15) is 0 Å². The highest BCUT2D eigenvalue weighted by Crippen LogP contribution is 1.88. The number of hydrogen-bond donors (Lipinski definition) is 0. The zero-order chi connectivity index (χ0) is 7.11. The van der Waals surface area contributed by atoms with E-state index in [1.165, 1.54) is 6.26 Å². The van der Waals surface area contributed by atoms with Gasteiger partial charge in [0.1, 0.15) is 17.9 Å². The normalized spacial score (nSPS) is 9.44. The van der Waals surface area contributed by atoms with Gasteiger partial charge in [-0.2, -0.15) is 5.26 Å². The summed E-state index contributed by atoms with van der Waals surface area (Å²) in [7, 11) is 0. The van der Waals surface area contributed by atoms with Crippen LogP contribution in [0.4, 0.5) is 0 Å². The fraction of sp³-hybridized carbons (Fsp3) is 0.286. The van der Waals surface area contributed by atoms with E-state index in [1.807, 2.05) is 6.92 Å². The second-order valence-electron chi connectivity index (χ2n) is 1.24. The van der Waals surface area contributed by atoms with Crippen LogP contribution in [0.2, 0.25) is 0 Å². The lowest BCUT2D eigenvalue weighted by atomic mass is 10.3. The summed E-state index contributed by atoms with van der Waals surface area (Å²) < 4.78 is 4.75. The van der Waals surface area contributed by atoms with Crippen molar-refractivity contribution < 1.29 is 4.74 Å². The molecule has 0 aliphatic carbocycles. The number of ether oxygens (including phenoxy) is 1. The van der Waals surface area contributed by atoms with Gasteiger partial charge in [0, 0.05) is 0 Å². The van der Waals surface area contributed by atoms with Crippen molar-refractivity contribution in [2.75, 3.05) is 6.61 Å². The van der Waals surface area contributed by atoms with Crippen LogP contribution in [0.25, 0.3) is 0 Å². The number of allylic oxidation sites excluding steroid dienone is 1. The van der Waals surface area contributed by atoms with Crippen LogP contribution in [0, 0.1) is 23.7 Å². The Hall–Kier alpha value is -1.41. The van der Waals surface area contributed by atoms with Crippen LogP contribution in [0.1, 0.15) is 6.92 Å². The van der Waals surface area contributed by atoms with Gasteiger partial charge in [-0.3, -0.25) is 0 Å². The minimum Gasteiger partial charge on any atom is -0.499 e. The SMILES string of the molecule is C#C/C(C#N)=C\OCC. The summed E-state index contributed by atoms with van der Waals surface area (Å²) in [4.78, 5) is 0. The van der Waals surface area contributed by atoms with E-state index in [1.54, 1.807) is 6.07 Å². The van der Waals surface area contributed by atoms with Crippen molar-refractivity contribution in [1.82, 2.24) is 0 Å². The summed E-state index contributed by atoms with van der Waals surface area (Å²) in [6.07, 6.45) is 6.18. The molecule has 0 aromatic rings. The molecule has 2 nitrogen and oxygen atoms in total. The third-order valence-electron chi connectivity index (χ3n) is 0.644. The van der Waals surface area contributed by atoms with E-state index in [0.29, 0.717) is 6.61 Å². The van der Waals surface area contributed by atoms with Gasteiger partial charge in [0.05, 0.1) is 6.61 Å².